The van der Waals surface area contributed by atoms with Crippen LogP contribution in [0, 0.1) is 20.8 Å². The van der Waals surface area contributed by atoms with E-state index in [1.54, 1.807) is 26.8 Å². The van der Waals surface area contributed by atoms with Crippen molar-refractivity contribution in [3.63, 3.8) is 0 Å². The molecule has 2 aromatic rings. The van der Waals surface area contributed by atoms with E-state index in [0.29, 0.717) is 22.5 Å². The molecule has 1 aromatic carbocycles. The third-order valence-corrected chi connectivity index (χ3v) is 4.21. The molecule has 1 N–H and O–H groups in total. The van der Waals surface area contributed by atoms with Crippen molar-refractivity contribution in [1.29, 1.82) is 0 Å². The summed E-state index contributed by atoms with van der Waals surface area (Å²) in [5, 5.41) is 6.79. The van der Waals surface area contributed by atoms with Gasteiger partial charge in [0.05, 0.1) is 17.9 Å². The Morgan fingerprint density at radius 2 is 2.00 bits per heavy atom. The second-order valence-corrected chi connectivity index (χ2v) is 6.18. The van der Waals surface area contributed by atoms with Crippen molar-refractivity contribution in [2.75, 3.05) is 10.8 Å². The normalized spacial score (nSPS) is 11.7. The lowest BCUT2D eigenvalue weighted by Crippen LogP contribution is -2.36. The van der Waals surface area contributed by atoms with E-state index in [1.165, 1.54) is 6.07 Å². The van der Waals surface area contributed by atoms with Gasteiger partial charge < -0.3 is 9.64 Å². The Morgan fingerprint density at radius 3 is 2.52 bits per heavy atom. The van der Waals surface area contributed by atoms with Gasteiger partial charge in [-0.05, 0) is 32.4 Å². The molecule has 0 spiro atoms. The molecular formula is C17H18ClF4N3O2. The molecule has 0 aliphatic rings. The summed E-state index contributed by atoms with van der Waals surface area (Å²) in [7, 11) is 0. The Labute approximate surface area is 158 Å². The lowest BCUT2D eigenvalue weighted by atomic mass is 10.1. The molecule has 148 valence electrons. The Bertz CT molecular complexity index is 807. The summed E-state index contributed by atoms with van der Waals surface area (Å²) >= 11 is 5.68. The molecule has 0 saturated carbocycles. The molecule has 0 fully saturated rings. The van der Waals surface area contributed by atoms with E-state index < -0.39 is 30.1 Å². The molecule has 0 atom stereocenters. The molecule has 10 heteroatoms. The van der Waals surface area contributed by atoms with Crippen LogP contribution < -0.4 is 9.64 Å². The first-order chi connectivity index (χ1) is 12.6. The number of amides is 1. The zero-order chi connectivity index (χ0) is 20.4. The number of benzene rings is 1. The van der Waals surface area contributed by atoms with E-state index >= 15 is 0 Å². The number of carbonyl (C=O) groups excluding carboxylic acids is 1. The second kappa shape index (κ2) is 8.16. The molecular weight excluding hydrogens is 390 g/mol. The zero-order valence-electron chi connectivity index (χ0n) is 14.8. The van der Waals surface area contributed by atoms with Crippen molar-refractivity contribution < 1.29 is 27.1 Å². The number of aromatic amines is 1. The number of anilines is 1. The topological polar surface area (TPSA) is 58.2 Å². The van der Waals surface area contributed by atoms with Gasteiger partial charge in [0.1, 0.15) is 5.88 Å². The van der Waals surface area contributed by atoms with Crippen LogP contribution in [0.25, 0.3) is 0 Å². The van der Waals surface area contributed by atoms with Crippen molar-refractivity contribution in [2.45, 2.75) is 39.9 Å². The van der Waals surface area contributed by atoms with Gasteiger partial charge in [-0.1, -0.05) is 12.1 Å². The van der Waals surface area contributed by atoms with E-state index in [1.807, 2.05) is 0 Å². The standard InChI is InChI=1S/C17H18ClF4N3O2/c1-9-5-4-6-13(27-17(21,22)16(19)20)15(9)25(14(26)7-18)8-12-10(2)23-24-11(12)3/h4-6,16H,7-8H2,1-3H3,(H,23,24). The average Bonchev–Trinajstić information content (AvgIpc) is 2.91. The number of alkyl halides is 5. The first-order valence-corrected chi connectivity index (χ1v) is 8.43. The quantitative estimate of drug-likeness (QED) is 0.548. The summed E-state index contributed by atoms with van der Waals surface area (Å²) in [4.78, 5) is 13.6. The molecule has 5 nitrogen and oxygen atoms in total. The fourth-order valence-corrected chi connectivity index (χ4v) is 2.72. The molecule has 0 bridgehead atoms. The maximum atomic E-state index is 13.5. The number of nitrogens with one attached hydrogen (secondary N) is 1. The Morgan fingerprint density at radius 1 is 1.33 bits per heavy atom. The van der Waals surface area contributed by atoms with Crippen molar-refractivity contribution >= 4 is 23.2 Å². The van der Waals surface area contributed by atoms with E-state index in [2.05, 4.69) is 14.9 Å². The largest absolute Gasteiger partial charge is 0.461 e. The molecule has 0 unspecified atom stereocenters. The van der Waals surface area contributed by atoms with Gasteiger partial charge in [0.2, 0.25) is 5.91 Å². The van der Waals surface area contributed by atoms with Crippen LogP contribution in [0.4, 0.5) is 23.2 Å². The van der Waals surface area contributed by atoms with Gasteiger partial charge in [0.15, 0.2) is 5.75 Å². The average molecular weight is 408 g/mol. The summed E-state index contributed by atoms with van der Waals surface area (Å²) in [6.07, 6.45) is -8.74. The second-order valence-electron chi connectivity index (χ2n) is 5.91. The predicted octanol–water partition coefficient (Wildman–Crippen LogP) is 4.34. The maximum absolute atomic E-state index is 13.5. The highest BCUT2D eigenvalue weighted by molar-refractivity contribution is 6.29. The number of carbonyl (C=O) groups is 1. The van der Waals surface area contributed by atoms with Crippen LogP contribution in [0.15, 0.2) is 18.2 Å². The maximum Gasteiger partial charge on any atom is 0.461 e. The third-order valence-electron chi connectivity index (χ3n) is 3.98. The van der Waals surface area contributed by atoms with Gasteiger partial charge in [-0.2, -0.15) is 22.7 Å². The molecule has 0 aliphatic carbocycles. The molecule has 2 rings (SSSR count). The van der Waals surface area contributed by atoms with Crippen LogP contribution in [0.1, 0.15) is 22.5 Å². The number of para-hydroxylation sites is 1. The minimum absolute atomic E-state index is 0.0405. The van der Waals surface area contributed by atoms with Gasteiger partial charge in [-0.3, -0.25) is 9.89 Å². The molecule has 27 heavy (non-hydrogen) atoms. The minimum atomic E-state index is -4.71. The smallest absolute Gasteiger partial charge is 0.426 e. The Balaban J connectivity index is 2.54. The molecule has 1 heterocycles. The van der Waals surface area contributed by atoms with E-state index in [9.17, 15) is 22.4 Å². The zero-order valence-corrected chi connectivity index (χ0v) is 15.6. The first-order valence-electron chi connectivity index (χ1n) is 7.89. The van der Waals surface area contributed by atoms with Crippen molar-refractivity contribution in [3.05, 3.63) is 40.7 Å². The van der Waals surface area contributed by atoms with Crippen molar-refractivity contribution in [3.8, 4) is 5.75 Å². The van der Waals surface area contributed by atoms with Crippen LogP contribution >= 0.6 is 11.6 Å². The number of rotatable bonds is 7. The fraction of sp³-hybridized carbons (Fsp3) is 0.412. The van der Waals surface area contributed by atoms with Crippen molar-refractivity contribution in [2.24, 2.45) is 0 Å². The predicted molar refractivity (Wildman–Crippen MR) is 92.7 cm³/mol. The summed E-state index contributed by atoms with van der Waals surface area (Å²) < 4.78 is 56.4. The van der Waals surface area contributed by atoms with E-state index in [4.69, 9.17) is 11.6 Å². The summed E-state index contributed by atoms with van der Waals surface area (Å²) in [5.74, 6) is -1.58. The van der Waals surface area contributed by atoms with Gasteiger partial charge in [0, 0.05) is 11.3 Å². The highest BCUT2D eigenvalue weighted by Gasteiger charge is 2.45. The van der Waals surface area contributed by atoms with E-state index in [0.717, 1.165) is 11.0 Å². The fourth-order valence-electron chi connectivity index (χ4n) is 2.58. The van der Waals surface area contributed by atoms with Crippen molar-refractivity contribution in [1.82, 2.24) is 10.2 Å². The van der Waals surface area contributed by atoms with Gasteiger partial charge in [-0.25, -0.2) is 0 Å². The number of ether oxygens (including phenoxy) is 1. The Kier molecular flexibility index (Phi) is 6.35. The molecule has 0 saturated heterocycles. The van der Waals surface area contributed by atoms with Crippen LogP contribution in [-0.4, -0.2) is 34.5 Å². The molecule has 0 aliphatic heterocycles. The summed E-state index contributed by atoms with van der Waals surface area (Å²) in [6.45, 7) is 4.95. The lowest BCUT2D eigenvalue weighted by Gasteiger charge is -2.28. The number of halogens is 5. The highest BCUT2D eigenvalue weighted by atomic mass is 35.5. The van der Waals surface area contributed by atoms with Crippen LogP contribution in [0.5, 0.6) is 5.75 Å². The number of aryl methyl sites for hydroxylation is 3. The van der Waals surface area contributed by atoms with Gasteiger partial charge >= 0.3 is 12.5 Å². The highest BCUT2D eigenvalue weighted by Crippen LogP contribution is 2.38. The number of hydrogen-bond acceptors (Lipinski definition) is 3. The Hall–Kier alpha value is -2.29. The lowest BCUT2D eigenvalue weighted by molar-refractivity contribution is -0.253. The molecule has 1 aromatic heterocycles. The number of aromatic nitrogens is 2. The number of H-pyrrole nitrogens is 1. The summed E-state index contributed by atoms with van der Waals surface area (Å²) in [6, 6.07) is 4.02. The third kappa shape index (κ3) is 4.52. The SMILES string of the molecule is Cc1cccc(OC(F)(F)C(F)F)c1N(Cc1c(C)n[nH]c1C)C(=O)CCl. The van der Waals surface area contributed by atoms with Crippen LogP contribution in [0.2, 0.25) is 0 Å². The number of hydrogen-bond donors (Lipinski definition) is 1. The molecule has 0 radical (unpaired) electrons. The van der Waals surface area contributed by atoms with Gasteiger partial charge in [-0.15, -0.1) is 11.6 Å². The van der Waals surface area contributed by atoms with E-state index in [-0.39, 0.29) is 12.2 Å². The molecule has 1 amide bonds. The monoisotopic (exact) mass is 407 g/mol. The first kappa shape index (κ1) is 21.0. The minimum Gasteiger partial charge on any atom is -0.426 e. The van der Waals surface area contributed by atoms with Crippen LogP contribution in [0.3, 0.4) is 0 Å². The number of nitrogens with zero attached hydrogens (tertiary/aromatic N) is 2. The van der Waals surface area contributed by atoms with Gasteiger partial charge in [0.25, 0.3) is 0 Å². The summed E-state index contributed by atoms with van der Waals surface area (Å²) in [5.41, 5.74) is 2.27. The van der Waals surface area contributed by atoms with Crippen LogP contribution in [-0.2, 0) is 11.3 Å².